The quantitative estimate of drug-likeness (QED) is 0.805. The number of piperidine rings is 1. The van der Waals surface area contributed by atoms with Crippen LogP contribution in [-0.4, -0.2) is 33.6 Å². The molecule has 3 aromatic rings. The summed E-state index contributed by atoms with van der Waals surface area (Å²) >= 11 is 0. The molecule has 1 N–H and O–H groups in total. The lowest BCUT2D eigenvalue weighted by atomic mass is 9.97. The molecule has 1 aliphatic rings. The van der Waals surface area contributed by atoms with Crippen LogP contribution in [0.1, 0.15) is 12.8 Å². The molecule has 4 rings (SSSR count). The number of pyridine rings is 1. The number of carbonyl (C=O) groups is 1. The van der Waals surface area contributed by atoms with E-state index in [1.54, 1.807) is 0 Å². The summed E-state index contributed by atoms with van der Waals surface area (Å²) in [7, 11) is 0. The Morgan fingerprint density at radius 3 is 2.79 bits per heavy atom. The summed E-state index contributed by atoms with van der Waals surface area (Å²) in [6.45, 7) is 1.55. The number of nitrogens with zero attached hydrogens (tertiary/aromatic N) is 4. The van der Waals surface area contributed by atoms with Crippen LogP contribution >= 0.6 is 0 Å². The lowest BCUT2D eigenvalue weighted by molar-refractivity contribution is -0.120. The van der Waals surface area contributed by atoms with Crippen LogP contribution in [0, 0.1) is 5.92 Å². The number of carbonyl (C=O) groups excluding carboxylic acids is 1. The Balaban J connectivity index is 1.50. The van der Waals surface area contributed by atoms with E-state index in [4.69, 9.17) is 0 Å². The zero-order chi connectivity index (χ0) is 16.4. The van der Waals surface area contributed by atoms with Gasteiger partial charge in [-0.1, -0.05) is 24.3 Å². The van der Waals surface area contributed by atoms with Crippen molar-refractivity contribution in [2.45, 2.75) is 12.8 Å². The third-order valence-electron chi connectivity index (χ3n) is 4.41. The van der Waals surface area contributed by atoms with Gasteiger partial charge in [0.15, 0.2) is 5.65 Å². The highest BCUT2D eigenvalue weighted by molar-refractivity contribution is 5.93. The number of anilines is 2. The SMILES string of the molecule is O=C(Nc1ccccc1)[C@@H]1CCCN(c2nnc3ccccn23)C1. The number of rotatable bonds is 3. The second-order valence-electron chi connectivity index (χ2n) is 6.07. The topological polar surface area (TPSA) is 62.5 Å². The Labute approximate surface area is 140 Å². The zero-order valence-electron chi connectivity index (χ0n) is 13.3. The molecule has 0 unspecified atom stereocenters. The minimum Gasteiger partial charge on any atom is -0.340 e. The maximum atomic E-state index is 12.6. The Morgan fingerprint density at radius 2 is 1.92 bits per heavy atom. The number of aromatic nitrogens is 3. The minimum atomic E-state index is -0.0463. The van der Waals surface area contributed by atoms with Crippen molar-refractivity contribution in [2.24, 2.45) is 5.92 Å². The summed E-state index contributed by atoms with van der Waals surface area (Å²) in [6, 6.07) is 15.4. The fourth-order valence-electron chi connectivity index (χ4n) is 3.18. The molecule has 0 saturated carbocycles. The molecular weight excluding hydrogens is 302 g/mol. The van der Waals surface area contributed by atoms with Gasteiger partial charge < -0.3 is 10.2 Å². The molecule has 2 aromatic heterocycles. The van der Waals surface area contributed by atoms with E-state index < -0.39 is 0 Å². The van der Waals surface area contributed by atoms with Crippen molar-refractivity contribution in [1.82, 2.24) is 14.6 Å². The van der Waals surface area contributed by atoms with Gasteiger partial charge in [-0.05, 0) is 37.1 Å². The summed E-state index contributed by atoms with van der Waals surface area (Å²) in [6.07, 6.45) is 3.82. The van der Waals surface area contributed by atoms with Gasteiger partial charge in [0.1, 0.15) is 0 Å². The van der Waals surface area contributed by atoms with Crippen LogP contribution in [0.2, 0.25) is 0 Å². The smallest absolute Gasteiger partial charge is 0.231 e. The predicted molar refractivity (Wildman–Crippen MR) is 93.0 cm³/mol. The van der Waals surface area contributed by atoms with Crippen LogP contribution in [-0.2, 0) is 4.79 Å². The lowest BCUT2D eigenvalue weighted by Crippen LogP contribution is -2.41. The minimum absolute atomic E-state index is 0.0463. The summed E-state index contributed by atoms with van der Waals surface area (Å²) in [5, 5.41) is 11.5. The number of hydrogen-bond donors (Lipinski definition) is 1. The molecule has 0 aliphatic carbocycles. The van der Waals surface area contributed by atoms with Gasteiger partial charge in [-0.25, -0.2) is 0 Å². The van der Waals surface area contributed by atoms with Gasteiger partial charge in [-0.15, -0.1) is 10.2 Å². The van der Waals surface area contributed by atoms with Crippen LogP contribution in [0.5, 0.6) is 0 Å². The van der Waals surface area contributed by atoms with Gasteiger partial charge in [0.2, 0.25) is 11.9 Å². The van der Waals surface area contributed by atoms with E-state index >= 15 is 0 Å². The Morgan fingerprint density at radius 1 is 1.08 bits per heavy atom. The molecule has 3 heterocycles. The molecule has 1 fully saturated rings. The zero-order valence-corrected chi connectivity index (χ0v) is 13.3. The van der Waals surface area contributed by atoms with E-state index in [-0.39, 0.29) is 11.8 Å². The van der Waals surface area contributed by atoms with Crippen molar-refractivity contribution in [1.29, 1.82) is 0 Å². The normalized spacial score (nSPS) is 17.8. The average molecular weight is 321 g/mol. The first-order valence-electron chi connectivity index (χ1n) is 8.22. The maximum absolute atomic E-state index is 12.6. The maximum Gasteiger partial charge on any atom is 0.231 e. The van der Waals surface area contributed by atoms with E-state index in [1.165, 1.54) is 0 Å². The van der Waals surface area contributed by atoms with Gasteiger partial charge >= 0.3 is 0 Å². The first-order chi connectivity index (χ1) is 11.8. The van der Waals surface area contributed by atoms with Crippen LogP contribution < -0.4 is 10.2 Å². The summed E-state index contributed by atoms with van der Waals surface area (Å²) in [4.78, 5) is 14.7. The van der Waals surface area contributed by atoms with Gasteiger partial charge in [-0.3, -0.25) is 9.20 Å². The second-order valence-corrected chi connectivity index (χ2v) is 6.07. The largest absolute Gasteiger partial charge is 0.340 e. The summed E-state index contributed by atoms with van der Waals surface area (Å²) < 4.78 is 1.97. The van der Waals surface area contributed by atoms with Crippen molar-refractivity contribution in [3.63, 3.8) is 0 Å². The first-order valence-corrected chi connectivity index (χ1v) is 8.22. The number of nitrogens with one attached hydrogen (secondary N) is 1. The van der Waals surface area contributed by atoms with Crippen molar-refractivity contribution in [3.05, 3.63) is 54.7 Å². The third-order valence-corrected chi connectivity index (χ3v) is 4.41. The fraction of sp³-hybridized carbons (Fsp3) is 0.278. The van der Waals surface area contributed by atoms with Crippen molar-refractivity contribution in [3.8, 4) is 0 Å². The van der Waals surface area contributed by atoms with Crippen LogP contribution in [0.15, 0.2) is 54.7 Å². The van der Waals surface area contributed by atoms with Gasteiger partial charge in [0.25, 0.3) is 0 Å². The van der Waals surface area contributed by atoms with E-state index in [0.717, 1.165) is 36.7 Å². The number of amides is 1. The number of hydrogen-bond acceptors (Lipinski definition) is 4. The van der Waals surface area contributed by atoms with Crippen molar-refractivity contribution < 1.29 is 4.79 Å². The average Bonchev–Trinajstić information content (AvgIpc) is 3.07. The number of benzene rings is 1. The number of para-hydroxylation sites is 1. The van der Waals surface area contributed by atoms with Crippen LogP contribution in [0.3, 0.4) is 0 Å². The predicted octanol–water partition coefficient (Wildman–Crippen LogP) is 2.58. The van der Waals surface area contributed by atoms with E-state index in [1.807, 2.05) is 59.1 Å². The molecule has 1 amide bonds. The fourth-order valence-corrected chi connectivity index (χ4v) is 3.18. The summed E-state index contributed by atoms with van der Waals surface area (Å²) in [5.74, 6) is 0.831. The molecule has 1 saturated heterocycles. The molecular formula is C18H19N5O. The number of fused-ring (bicyclic) bond motifs is 1. The van der Waals surface area contributed by atoms with Gasteiger partial charge in [0.05, 0.1) is 5.92 Å². The molecule has 1 aromatic carbocycles. The monoisotopic (exact) mass is 321 g/mol. The van der Waals surface area contributed by atoms with E-state index in [9.17, 15) is 4.79 Å². The van der Waals surface area contributed by atoms with E-state index in [0.29, 0.717) is 6.54 Å². The highest BCUT2D eigenvalue weighted by Crippen LogP contribution is 2.23. The molecule has 122 valence electrons. The standard InChI is InChI=1S/C18H19N5O/c24-17(19-15-8-2-1-3-9-15)14-7-6-11-22(13-14)18-21-20-16-10-4-5-12-23(16)18/h1-5,8-10,12,14H,6-7,11,13H2,(H,19,24)/t14-/m1/s1. The molecule has 1 atom stereocenters. The molecule has 0 bridgehead atoms. The van der Waals surface area contributed by atoms with Gasteiger partial charge in [0, 0.05) is 25.0 Å². The lowest BCUT2D eigenvalue weighted by Gasteiger charge is -2.31. The molecule has 6 nitrogen and oxygen atoms in total. The first kappa shape index (κ1) is 14.7. The van der Waals surface area contributed by atoms with Crippen LogP contribution in [0.25, 0.3) is 5.65 Å². The van der Waals surface area contributed by atoms with Gasteiger partial charge in [-0.2, -0.15) is 0 Å². The summed E-state index contributed by atoms with van der Waals surface area (Å²) in [5.41, 5.74) is 1.66. The highest BCUT2D eigenvalue weighted by atomic mass is 16.1. The molecule has 0 spiro atoms. The highest BCUT2D eigenvalue weighted by Gasteiger charge is 2.28. The third kappa shape index (κ3) is 2.82. The van der Waals surface area contributed by atoms with Crippen molar-refractivity contribution >= 4 is 23.2 Å². The molecule has 1 aliphatic heterocycles. The Hall–Kier alpha value is -2.89. The molecule has 0 radical (unpaired) electrons. The second kappa shape index (κ2) is 6.31. The molecule has 6 heteroatoms. The van der Waals surface area contributed by atoms with E-state index in [2.05, 4.69) is 20.4 Å². The Bertz CT molecular complexity index is 845. The molecule has 24 heavy (non-hydrogen) atoms. The van der Waals surface area contributed by atoms with Crippen molar-refractivity contribution in [2.75, 3.05) is 23.3 Å². The Kier molecular flexibility index (Phi) is 3.86. The van der Waals surface area contributed by atoms with Crippen LogP contribution in [0.4, 0.5) is 11.6 Å².